The summed E-state index contributed by atoms with van der Waals surface area (Å²) in [5.41, 5.74) is -0.786. The van der Waals surface area contributed by atoms with E-state index < -0.39 is 5.41 Å². The number of hydrogen-bond donors (Lipinski definition) is 0. The van der Waals surface area contributed by atoms with Crippen molar-refractivity contribution in [3.8, 4) is 0 Å². The van der Waals surface area contributed by atoms with E-state index in [1.165, 1.54) is 24.3 Å². The summed E-state index contributed by atoms with van der Waals surface area (Å²) in [6.45, 7) is 4.19. The number of ketones is 1. The molecule has 2 aliphatic rings. The molecule has 84 valence electrons. The third-order valence-electron chi connectivity index (χ3n) is 3.12. The molecule has 0 aromatic heterocycles. The highest BCUT2D eigenvalue weighted by Crippen LogP contribution is 2.42. The van der Waals surface area contributed by atoms with E-state index in [4.69, 9.17) is 4.84 Å². The van der Waals surface area contributed by atoms with Gasteiger partial charge in [-0.1, -0.05) is 18.2 Å². The minimum Gasteiger partial charge on any atom is -0.290 e. The van der Waals surface area contributed by atoms with Crippen LogP contribution in [0.15, 0.2) is 37.0 Å². The van der Waals surface area contributed by atoms with Gasteiger partial charge in [-0.2, -0.15) is 0 Å². The molecular weight excluding hydrogens is 206 g/mol. The molecule has 0 radical (unpaired) electrons. The molecule has 0 saturated carbocycles. The lowest BCUT2D eigenvalue weighted by Gasteiger charge is -2.25. The van der Waals surface area contributed by atoms with E-state index in [1.54, 1.807) is 18.2 Å². The summed E-state index contributed by atoms with van der Waals surface area (Å²) in [5.74, 6) is -0.322. The summed E-state index contributed by atoms with van der Waals surface area (Å²) in [7, 11) is 1.46. The second-order valence-electron chi connectivity index (χ2n) is 3.89. The van der Waals surface area contributed by atoms with Crippen LogP contribution in [0, 0.1) is 11.3 Å². The molecule has 0 aromatic rings. The van der Waals surface area contributed by atoms with Gasteiger partial charge in [-0.25, -0.2) is 5.06 Å². The van der Waals surface area contributed by atoms with Crippen molar-refractivity contribution >= 4 is 11.7 Å². The molecule has 1 heterocycles. The number of rotatable bonds is 2. The summed E-state index contributed by atoms with van der Waals surface area (Å²) < 4.78 is 0. The zero-order chi connectivity index (χ0) is 11.8. The zero-order valence-corrected chi connectivity index (χ0v) is 9.05. The lowest BCUT2D eigenvalue weighted by Crippen LogP contribution is -2.34. The Morgan fingerprint density at radius 1 is 1.50 bits per heavy atom. The molecule has 16 heavy (non-hydrogen) atoms. The second-order valence-corrected chi connectivity index (χ2v) is 3.89. The number of carbonyl (C=O) groups is 2. The summed E-state index contributed by atoms with van der Waals surface area (Å²) in [5, 5.41) is 1.30. The summed E-state index contributed by atoms with van der Waals surface area (Å²) in [4.78, 5) is 28.2. The molecule has 4 heteroatoms. The van der Waals surface area contributed by atoms with Crippen LogP contribution >= 0.6 is 0 Å². The molecule has 1 unspecified atom stereocenters. The van der Waals surface area contributed by atoms with Crippen LogP contribution in [0.5, 0.6) is 0 Å². The number of amides is 1. The Labute approximate surface area is 93.8 Å². The Bertz CT molecular complexity index is 392. The van der Waals surface area contributed by atoms with Gasteiger partial charge in [-0.15, -0.1) is 6.58 Å². The average Bonchev–Trinajstić information content (AvgIpc) is 2.57. The zero-order valence-electron chi connectivity index (χ0n) is 9.05. The SMILES string of the molecule is C=CC1CN(OC)C(=O)C12C=CC(=O)C=C2. The van der Waals surface area contributed by atoms with Crippen LogP contribution in [-0.4, -0.2) is 30.4 Å². The van der Waals surface area contributed by atoms with Crippen LogP contribution in [0.25, 0.3) is 0 Å². The molecule has 0 aromatic carbocycles. The molecule has 0 bridgehead atoms. The van der Waals surface area contributed by atoms with Crippen LogP contribution in [-0.2, 0) is 14.4 Å². The van der Waals surface area contributed by atoms with E-state index in [9.17, 15) is 9.59 Å². The molecule has 1 aliphatic heterocycles. The van der Waals surface area contributed by atoms with Crippen molar-refractivity contribution < 1.29 is 14.4 Å². The Morgan fingerprint density at radius 3 is 2.62 bits per heavy atom. The number of nitrogens with zero attached hydrogens (tertiary/aromatic N) is 1. The van der Waals surface area contributed by atoms with Gasteiger partial charge in [0.15, 0.2) is 5.78 Å². The maximum absolute atomic E-state index is 12.1. The van der Waals surface area contributed by atoms with E-state index in [-0.39, 0.29) is 17.6 Å². The van der Waals surface area contributed by atoms with Crippen molar-refractivity contribution in [3.63, 3.8) is 0 Å². The Balaban J connectivity index is 2.42. The normalized spacial score (nSPS) is 26.8. The number of allylic oxidation sites excluding steroid dienone is 2. The lowest BCUT2D eigenvalue weighted by atomic mass is 9.75. The van der Waals surface area contributed by atoms with Crippen molar-refractivity contribution in [1.82, 2.24) is 5.06 Å². The molecular formula is C12H13NO3. The number of hydroxylamine groups is 2. The first-order valence-corrected chi connectivity index (χ1v) is 5.05. The first-order valence-electron chi connectivity index (χ1n) is 5.05. The fourth-order valence-corrected chi connectivity index (χ4v) is 2.16. The molecule has 1 aliphatic carbocycles. The van der Waals surface area contributed by atoms with Crippen LogP contribution in [0.3, 0.4) is 0 Å². The van der Waals surface area contributed by atoms with Gasteiger partial charge < -0.3 is 0 Å². The van der Waals surface area contributed by atoms with E-state index in [1.807, 2.05) is 0 Å². The topological polar surface area (TPSA) is 46.6 Å². The van der Waals surface area contributed by atoms with Crippen LogP contribution in [0.2, 0.25) is 0 Å². The Kier molecular flexibility index (Phi) is 2.52. The second kappa shape index (κ2) is 3.72. The van der Waals surface area contributed by atoms with Gasteiger partial charge >= 0.3 is 0 Å². The molecule has 1 atom stereocenters. The van der Waals surface area contributed by atoms with Crippen molar-refractivity contribution in [2.75, 3.05) is 13.7 Å². The summed E-state index contributed by atoms with van der Waals surface area (Å²) >= 11 is 0. The molecule has 2 rings (SSSR count). The third kappa shape index (κ3) is 1.34. The minimum atomic E-state index is -0.786. The van der Waals surface area contributed by atoms with Gasteiger partial charge in [-0.3, -0.25) is 14.4 Å². The van der Waals surface area contributed by atoms with Crippen LogP contribution < -0.4 is 0 Å². The minimum absolute atomic E-state index is 0.0689. The van der Waals surface area contributed by atoms with Crippen molar-refractivity contribution in [2.24, 2.45) is 11.3 Å². The molecule has 1 saturated heterocycles. The highest BCUT2D eigenvalue weighted by molar-refractivity contribution is 6.03. The van der Waals surface area contributed by atoms with Gasteiger partial charge in [0.1, 0.15) is 0 Å². The predicted octanol–water partition coefficient (Wildman–Crippen LogP) is 0.874. The maximum Gasteiger partial charge on any atom is 0.260 e. The van der Waals surface area contributed by atoms with Crippen molar-refractivity contribution in [2.45, 2.75) is 0 Å². The largest absolute Gasteiger partial charge is 0.290 e. The standard InChI is InChI=1S/C12H13NO3/c1-3-9-8-13(16-2)11(15)12(9)6-4-10(14)5-7-12/h3-7,9H,1,8H2,2H3. The van der Waals surface area contributed by atoms with E-state index >= 15 is 0 Å². The monoisotopic (exact) mass is 219 g/mol. The quantitative estimate of drug-likeness (QED) is 0.647. The first kappa shape index (κ1) is 10.8. The average molecular weight is 219 g/mol. The van der Waals surface area contributed by atoms with Crippen molar-refractivity contribution in [1.29, 1.82) is 0 Å². The molecule has 4 nitrogen and oxygen atoms in total. The van der Waals surface area contributed by atoms with E-state index in [2.05, 4.69) is 6.58 Å². The number of hydrogen-bond acceptors (Lipinski definition) is 3. The van der Waals surface area contributed by atoms with Gasteiger partial charge in [-0.05, 0) is 12.2 Å². The predicted molar refractivity (Wildman–Crippen MR) is 58.1 cm³/mol. The number of carbonyl (C=O) groups excluding carboxylic acids is 2. The van der Waals surface area contributed by atoms with Gasteiger partial charge in [0, 0.05) is 5.92 Å². The fourth-order valence-electron chi connectivity index (χ4n) is 2.16. The summed E-state index contributed by atoms with van der Waals surface area (Å²) in [6, 6.07) is 0. The third-order valence-corrected chi connectivity index (χ3v) is 3.12. The van der Waals surface area contributed by atoms with E-state index in [0.717, 1.165) is 0 Å². The maximum atomic E-state index is 12.1. The van der Waals surface area contributed by atoms with Gasteiger partial charge in [0.05, 0.1) is 19.1 Å². The molecule has 1 fully saturated rings. The fraction of sp³-hybridized carbons (Fsp3) is 0.333. The Hall–Kier alpha value is -1.68. The Morgan fingerprint density at radius 2 is 2.12 bits per heavy atom. The highest BCUT2D eigenvalue weighted by Gasteiger charge is 2.50. The van der Waals surface area contributed by atoms with Gasteiger partial charge in [0.2, 0.25) is 0 Å². The van der Waals surface area contributed by atoms with Crippen LogP contribution in [0.4, 0.5) is 0 Å². The lowest BCUT2D eigenvalue weighted by molar-refractivity contribution is -0.170. The van der Waals surface area contributed by atoms with Crippen LogP contribution in [0.1, 0.15) is 0 Å². The summed E-state index contributed by atoms with van der Waals surface area (Å²) in [6.07, 6.45) is 7.86. The molecule has 0 N–H and O–H groups in total. The molecule has 1 spiro atoms. The van der Waals surface area contributed by atoms with Gasteiger partial charge in [0.25, 0.3) is 5.91 Å². The smallest absolute Gasteiger partial charge is 0.260 e. The van der Waals surface area contributed by atoms with E-state index in [0.29, 0.717) is 6.54 Å². The first-order chi connectivity index (χ1) is 7.64. The highest BCUT2D eigenvalue weighted by atomic mass is 16.7. The molecule has 1 amide bonds. The van der Waals surface area contributed by atoms with Crippen molar-refractivity contribution in [3.05, 3.63) is 37.0 Å².